The van der Waals surface area contributed by atoms with Gasteiger partial charge >= 0.3 is 0 Å². The first-order valence-electron chi connectivity index (χ1n) is 12.1. The van der Waals surface area contributed by atoms with Gasteiger partial charge < -0.3 is 9.80 Å². The second-order valence-corrected chi connectivity index (χ2v) is 8.99. The van der Waals surface area contributed by atoms with Crippen LogP contribution in [0.5, 0.6) is 0 Å². The molecule has 1 amide bonds. The Morgan fingerprint density at radius 2 is 1.81 bits per heavy atom. The van der Waals surface area contributed by atoms with Crippen LogP contribution in [0.15, 0.2) is 36.5 Å². The lowest BCUT2D eigenvalue weighted by Crippen LogP contribution is -2.38. The van der Waals surface area contributed by atoms with Gasteiger partial charge in [0.15, 0.2) is 5.65 Å². The number of fused-ring (bicyclic) bond motifs is 1. The van der Waals surface area contributed by atoms with Gasteiger partial charge in [-0.1, -0.05) is 38.0 Å². The third kappa shape index (κ3) is 4.08. The van der Waals surface area contributed by atoms with Crippen LogP contribution in [0.2, 0.25) is 0 Å². The first kappa shape index (κ1) is 20.9. The lowest BCUT2D eigenvalue weighted by molar-refractivity contribution is -0.135. The van der Waals surface area contributed by atoms with E-state index in [9.17, 15) is 4.79 Å². The van der Waals surface area contributed by atoms with Crippen molar-refractivity contribution in [1.82, 2.24) is 24.6 Å². The highest BCUT2D eigenvalue weighted by Crippen LogP contribution is 2.29. The minimum Gasteiger partial charge on any atom is -0.354 e. The first-order chi connectivity index (χ1) is 15.7. The molecule has 7 heteroatoms. The molecule has 0 N–H and O–H groups in total. The van der Waals surface area contributed by atoms with Gasteiger partial charge in [-0.2, -0.15) is 5.10 Å². The Kier molecular flexibility index (Phi) is 6.06. The van der Waals surface area contributed by atoms with Crippen molar-refractivity contribution in [2.45, 2.75) is 51.9 Å². The van der Waals surface area contributed by atoms with Crippen molar-refractivity contribution >= 4 is 22.8 Å². The van der Waals surface area contributed by atoms with E-state index in [0.717, 1.165) is 86.6 Å². The van der Waals surface area contributed by atoms with Crippen molar-refractivity contribution in [2.75, 3.05) is 31.1 Å². The van der Waals surface area contributed by atoms with Gasteiger partial charge in [0.25, 0.3) is 0 Å². The molecule has 7 nitrogen and oxygen atoms in total. The topological polar surface area (TPSA) is 67.2 Å². The van der Waals surface area contributed by atoms with Crippen LogP contribution in [0.1, 0.15) is 51.3 Å². The molecule has 3 heterocycles. The van der Waals surface area contributed by atoms with E-state index in [2.05, 4.69) is 21.8 Å². The monoisotopic (exact) mass is 432 g/mol. The number of carbonyl (C=O) groups is 1. The van der Waals surface area contributed by atoms with Crippen LogP contribution in [0, 0.1) is 5.92 Å². The Bertz CT molecular complexity index is 1070. The van der Waals surface area contributed by atoms with Gasteiger partial charge in [0, 0.05) is 38.5 Å². The molecular weight excluding hydrogens is 400 g/mol. The predicted molar refractivity (Wildman–Crippen MR) is 126 cm³/mol. The Hall–Kier alpha value is -2.96. The highest BCUT2D eigenvalue weighted by Gasteiger charge is 2.29. The molecule has 168 valence electrons. The molecule has 1 aliphatic heterocycles. The van der Waals surface area contributed by atoms with E-state index >= 15 is 0 Å². The quantitative estimate of drug-likeness (QED) is 0.610. The summed E-state index contributed by atoms with van der Waals surface area (Å²) >= 11 is 0. The number of benzene rings is 1. The van der Waals surface area contributed by atoms with Gasteiger partial charge in [0.1, 0.15) is 11.6 Å². The number of carbonyl (C=O) groups excluding carboxylic acids is 1. The summed E-state index contributed by atoms with van der Waals surface area (Å²) in [6, 6.07) is 10.1. The fourth-order valence-electron chi connectivity index (χ4n) is 5.05. The zero-order valence-electron chi connectivity index (χ0n) is 18.9. The molecule has 0 atom stereocenters. The summed E-state index contributed by atoms with van der Waals surface area (Å²) < 4.78 is 1.91. The maximum absolute atomic E-state index is 13.0. The van der Waals surface area contributed by atoms with Crippen LogP contribution in [0.4, 0.5) is 5.82 Å². The van der Waals surface area contributed by atoms with Crippen molar-refractivity contribution in [3.8, 4) is 5.69 Å². The number of amides is 1. The third-order valence-corrected chi connectivity index (χ3v) is 6.74. The van der Waals surface area contributed by atoms with Gasteiger partial charge in [0.2, 0.25) is 5.91 Å². The predicted octanol–water partition coefficient (Wildman–Crippen LogP) is 4.00. The Balaban J connectivity index is 1.45. The normalized spacial score (nSPS) is 17.8. The molecule has 0 unspecified atom stereocenters. The Labute approximate surface area is 189 Å². The molecule has 2 aromatic heterocycles. The smallest absolute Gasteiger partial charge is 0.225 e. The molecule has 5 rings (SSSR count). The van der Waals surface area contributed by atoms with Crippen LogP contribution in [0.25, 0.3) is 16.7 Å². The average Bonchev–Trinajstić information content (AvgIpc) is 3.44. The molecule has 3 aromatic rings. The average molecular weight is 433 g/mol. The second-order valence-electron chi connectivity index (χ2n) is 8.99. The van der Waals surface area contributed by atoms with Crippen molar-refractivity contribution < 1.29 is 4.79 Å². The van der Waals surface area contributed by atoms with E-state index < -0.39 is 0 Å². The number of aryl methyl sites for hydroxylation is 1. The van der Waals surface area contributed by atoms with Gasteiger partial charge in [-0.3, -0.25) is 4.79 Å². The molecule has 32 heavy (non-hydrogen) atoms. The van der Waals surface area contributed by atoms with Crippen LogP contribution in [-0.4, -0.2) is 56.7 Å². The summed E-state index contributed by atoms with van der Waals surface area (Å²) in [5.74, 6) is 2.42. The molecule has 1 aliphatic carbocycles. The number of para-hydroxylation sites is 1. The number of aromatic nitrogens is 4. The zero-order chi connectivity index (χ0) is 21.9. The summed E-state index contributed by atoms with van der Waals surface area (Å²) in [4.78, 5) is 27.2. The van der Waals surface area contributed by atoms with Gasteiger partial charge in [-0.15, -0.1) is 0 Å². The minimum atomic E-state index is 0.243. The van der Waals surface area contributed by atoms with Crippen molar-refractivity contribution in [1.29, 1.82) is 0 Å². The molecule has 0 bridgehead atoms. The lowest BCUT2D eigenvalue weighted by atomic mass is 10.1. The largest absolute Gasteiger partial charge is 0.354 e. The number of hydrogen-bond acceptors (Lipinski definition) is 5. The van der Waals surface area contributed by atoms with Gasteiger partial charge in [-0.05, 0) is 37.8 Å². The first-order valence-corrected chi connectivity index (χ1v) is 12.1. The summed E-state index contributed by atoms with van der Waals surface area (Å²) in [5.41, 5.74) is 1.85. The molecule has 1 saturated carbocycles. The van der Waals surface area contributed by atoms with Crippen molar-refractivity contribution in [3.05, 3.63) is 42.4 Å². The molecule has 0 radical (unpaired) electrons. The Morgan fingerprint density at radius 3 is 2.59 bits per heavy atom. The number of rotatable bonds is 5. The fraction of sp³-hybridized carbons (Fsp3) is 0.520. The summed E-state index contributed by atoms with van der Waals surface area (Å²) in [6.45, 7) is 5.44. The molecule has 2 fully saturated rings. The van der Waals surface area contributed by atoms with E-state index in [-0.39, 0.29) is 5.92 Å². The zero-order valence-corrected chi connectivity index (χ0v) is 18.9. The van der Waals surface area contributed by atoms with Gasteiger partial charge in [0.05, 0.1) is 17.3 Å². The number of anilines is 1. The summed E-state index contributed by atoms with van der Waals surface area (Å²) in [7, 11) is 0. The lowest BCUT2D eigenvalue weighted by Gasteiger charge is -2.25. The molecule has 0 spiro atoms. The molecule has 1 aromatic carbocycles. The van der Waals surface area contributed by atoms with E-state index in [4.69, 9.17) is 9.97 Å². The van der Waals surface area contributed by atoms with E-state index in [0.29, 0.717) is 5.91 Å². The number of hydrogen-bond donors (Lipinski definition) is 0. The summed E-state index contributed by atoms with van der Waals surface area (Å²) in [5, 5.41) is 5.64. The van der Waals surface area contributed by atoms with E-state index in [1.165, 1.54) is 12.8 Å². The molecular formula is C25H32N6O. The van der Waals surface area contributed by atoms with Crippen LogP contribution >= 0.6 is 0 Å². The minimum absolute atomic E-state index is 0.243. The maximum Gasteiger partial charge on any atom is 0.225 e. The van der Waals surface area contributed by atoms with Crippen LogP contribution < -0.4 is 4.90 Å². The maximum atomic E-state index is 13.0. The van der Waals surface area contributed by atoms with Crippen molar-refractivity contribution in [3.63, 3.8) is 0 Å². The SMILES string of the molecule is CCCc1nc(N2CCCN(C(=O)C3CCCC3)CC2)c2cnn(-c3ccccc3)c2n1. The fourth-order valence-corrected chi connectivity index (χ4v) is 5.05. The standard InChI is InChI=1S/C25H32N6O/c1-2-9-22-27-23(21-18-26-31(24(21)28-22)20-12-4-3-5-13-20)29-14-8-15-30(17-16-29)25(32)19-10-6-7-11-19/h3-5,12-13,18-19H,2,6-11,14-17H2,1H3. The third-order valence-electron chi connectivity index (χ3n) is 6.74. The second kappa shape index (κ2) is 9.27. The highest BCUT2D eigenvalue weighted by atomic mass is 16.2. The van der Waals surface area contributed by atoms with Gasteiger partial charge in [-0.25, -0.2) is 14.6 Å². The van der Waals surface area contributed by atoms with E-state index in [1.807, 2.05) is 41.2 Å². The summed E-state index contributed by atoms with van der Waals surface area (Å²) in [6.07, 6.45) is 9.19. The van der Waals surface area contributed by atoms with E-state index in [1.54, 1.807) is 0 Å². The molecule has 2 aliphatic rings. The Morgan fingerprint density at radius 1 is 1.00 bits per heavy atom. The van der Waals surface area contributed by atoms with Crippen LogP contribution in [0.3, 0.4) is 0 Å². The number of nitrogens with zero attached hydrogens (tertiary/aromatic N) is 6. The van der Waals surface area contributed by atoms with Crippen molar-refractivity contribution in [2.24, 2.45) is 5.92 Å². The van der Waals surface area contributed by atoms with Crippen LogP contribution in [-0.2, 0) is 11.2 Å². The molecule has 1 saturated heterocycles. The highest BCUT2D eigenvalue weighted by molar-refractivity contribution is 5.88.